The summed E-state index contributed by atoms with van der Waals surface area (Å²) in [6, 6.07) is 5.76. The molecule has 0 aromatic heterocycles. The Morgan fingerprint density at radius 2 is 1.72 bits per heavy atom. The highest BCUT2D eigenvalue weighted by molar-refractivity contribution is 6.02. The van der Waals surface area contributed by atoms with Gasteiger partial charge in [0.2, 0.25) is 5.91 Å². The van der Waals surface area contributed by atoms with Gasteiger partial charge in [0.25, 0.3) is 5.91 Å². The standard InChI is InChI=1S/C20H29N3O2/c1-15-8-12-22(13-9-15)19-7-6-17(21-16(2)24)14-18(19)20(25)23-10-4-3-5-11-23/h6-7,14-15H,3-5,8-13H2,1-2H3,(H,21,24). The second-order valence-electron chi connectivity index (χ2n) is 7.44. The third-order valence-electron chi connectivity index (χ3n) is 5.31. The summed E-state index contributed by atoms with van der Waals surface area (Å²) < 4.78 is 0. The molecule has 136 valence electrons. The maximum Gasteiger partial charge on any atom is 0.256 e. The van der Waals surface area contributed by atoms with Gasteiger partial charge in [0, 0.05) is 44.5 Å². The van der Waals surface area contributed by atoms with Crippen LogP contribution in [0, 0.1) is 5.92 Å². The third kappa shape index (κ3) is 4.33. The number of amides is 2. The van der Waals surface area contributed by atoms with Crippen molar-refractivity contribution in [1.82, 2.24) is 4.90 Å². The van der Waals surface area contributed by atoms with Crippen LogP contribution in [0.3, 0.4) is 0 Å². The van der Waals surface area contributed by atoms with E-state index in [1.807, 2.05) is 23.1 Å². The van der Waals surface area contributed by atoms with Gasteiger partial charge in [-0.3, -0.25) is 9.59 Å². The number of hydrogen-bond acceptors (Lipinski definition) is 3. The summed E-state index contributed by atoms with van der Waals surface area (Å²) in [5.74, 6) is 0.729. The van der Waals surface area contributed by atoms with Crippen LogP contribution >= 0.6 is 0 Å². The van der Waals surface area contributed by atoms with Crippen molar-refractivity contribution in [2.45, 2.75) is 46.0 Å². The fraction of sp³-hybridized carbons (Fsp3) is 0.600. The maximum absolute atomic E-state index is 13.2. The molecule has 2 amide bonds. The number of piperidine rings is 2. The fourth-order valence-electron chi connectivity index (χ4n) is 3.78. The number of carbonyl (C=O) groups excluding carboxylic acids is 2. The van der Waals surface area contributed by atoms with E-state index < -0.39 is 0 Å². The van der Waals surface area contributed by atoms with Crippen molar-refractivity contribution in [2.24, 2.45) is 5.92 Å². The summed E-state index contributed by atoms with van der Waals surface area (Å²) in [7, 11) is 0. The van der Waals surface area contributed by atoms with Crippen molar-refractivity contribution in [3.8, 4) is 0 Å². The van der Waals surface area contributed by atoms with Crippen LogP contribution in [0.15, 0.2) is 18.2 Å². The third-order valence-corrected chi connectivity index (χ3v) is 5.31. The van der Waals surface area contributed by atoms with Crippen molar-refractivity contribution >= 4 is 23.2 Å². The monoisotopic (exact) mass is 343 g/mol. The fourth-order valence-corrected chi connectivity index (χ4v) is 3.78. The van der Waals surface area contributed by atoms with Gasteiger partial charge in [-0.1, -0.05) is 6.92 Å². The molecule has 3 rings (SSSR count). The van der Waals surface area contributed by atoms with Gasteiger partial charge in [-0.25, -0.2) is 0 Å². The van der Waals surface area contributed by atoms with Crippen LogP contribution in [0.5, 0.6) is 0 Å². The highest BCUT2D eigenvalue weighted by atomic mass is 16.2. The van der Waals surface area contributed by atoms with E-state index in [1.165, 1.54) is 13.3 Å². The highest BCUT2D eigenvalue weighted by Gasteiger charge is 2.25. The van der Waals surface area contributed by atoms with E-state index in [-0.39, 0.29) is 11.8 Å². The number of likely N-dealkylation sites (tertiary alicyclic amines) is 1. The molecular weight excluding hydrogens is 314 g/mol. The lowest BCUT2D eigenvalue weighted by atomic mass is 9.97. The first-order chi connectivity index (χ1) is 12.0. The van der Waals surface area contributed by atoms with Gasteiger partial charge in [0.1, 0.15) is 0 Å². The minimum absolute atomic E-state index is 0.0977. The average Bonchev–Trinajstić information content (AvgIpc) is 2.62. The van der Waals surface area contributed by atoms with E-state index in [0.717, 1.165) is 69.0 Å². The average molecular weight is 343 g/mol. The van der Waals surface area contributed by atoms with Crippen LogP contribution in [0.25, 0.3) is 0 Å². The van der Waals surface area contributed by atoms with E-state index in [9.17, 15) is 9.59 Å². The first-order valence-corrected chi connectivity index (χ1v) is 9.50. The van der Waals surface area contributed by atoms with Crippen molar-refractivity contribution in [1.29, 1.82) is 0 Å². The second-order valence-corrected chi connectivity index (χ2v) is 7.44. The predicted octanol–water partition coefficient (Wildman–Crippen LogP) is 3.51. The Morgan fingerprint density at radius 3 is 2.36 bits per heavy atom. The van der Waals surface area contributed by atoms with E-state index in [0.29, 0.717) is 5.69 Å². The van der Waals surface area contributed by atoms with Crippen molar-refractivity contribution in [3.63, 3.8) is 0 Å². The lowest BCUT2D eigenvalue weighted by Crippen LogP contribution is -2.38. The molecular formula is C20H29N3O2. The van der Waals surface area contributed by atoms with Crippen LogP contribution in [0.4, 0.5) is 11.4 Å². The Bertz CT molecular complexity index is 630. The molecule has 0 unspecified atom stereocenters. The molecule has 0 spiro atoms. The van der Waals surface area contributed by atoms with Crippen LogP contribution in [0.1, 0.15) is 56.3 Å². The lowest BCUT2D eigenvalue weighted by Gasteiger charge is -2.35. The highest BCUT2D eigenvalue weighted by Crippen LogP contribution is 2.30. The zero-order valence-corrected chi connectivity index (χ0v) is 15.4. The van der Waals surface area contributed by atoms with Gasteiger partial charge in [-0.15, -0.1) is 0 Å². The van der Waals surface area contributed by atoms with Gasteiger partial charge < -0.3 is 15.1 Å². The Kier molecular flexibility index (Phi) is 5.61. The molecule has 2 fully saturated rings. The van der Waals surface area contributed by atoms with Gasteiger partial charge >= 0.3 is 0 Å². The van der Waals surface area contributed by atoms with E-state index >= 15 is 0 Å². The molecule has 1 aromatic carbocycles. The number of anilines is 2. The Morgan fingerprint density at radius 1 is 1.04 bits per heavy atom. The summed E-state index contributed by atoms with van der Waals surface area (Å²) in [6.45, 7) is 7.42. The topological polar surface area (TPSA) is 52.7 Å². The molecule has 0 radical (unpaired) electrons. The molecule has 0 bridgehead atoms. The van der Waals surface area contributed by atoms with Crippen LogP contribution in [0.2, 0.25) is 0 Å². The Labute approximate surface area is 150 Å². The lowest BCUT2D eigenvalue weighted by molar-refractivity contribution is -0.114. The number of benzene rings is 1. The Hall–Kier alpha value is -2.04. The van der Waals surface area contributed by atoms with Crippen LogP contribution < -0.4 is 10.2 Å². The van der Waals surface area contributed by atoms with E-state index in [2.05, 4.69) is 17.1 Å². The molecule has 0 atom stereocenters. The number of nitrogens with zero attached hydrogens (tertiary/aromatic N) is 2. The predicted molar refractivity (Wildman–Crippen MR) is 101 cm³/mol. The minimum Gasteiger partial charge on any atom is -0.371 e. The molecule has 1 N–H and O–H groups in total. The number of carbonyl (C=O) groups is 2. The van der Waals surface area contributed by atoms with E-state index in [1.54, 1.807) is 0 Å². The van der Waals surface area contributed by atoms with Gasteiger partial charge in [-0.2, -0.15) is 0 Å². The van der Waals surface area contributed by atoms with Gasteiger partial charge in [0.15, 0.2) is 0 Å². The normalized spacial score (nSPS) is 19.0. The molecule has 2 aliphatic heterocycles. The summed E-state index contributed by atoms with van der Waals surface area (Å²) in [5.41, 5.74) is 2.43. The van der Waals surface area contributed by atoms with Crippen molar-refractivity contribution < 1.29 is 9.59 Å². The zero-order valence-electron chi connectivity index (χ0n) is 15.4. The molecule has 2 aliphatic rings. The number of rotatable bonds is 3. The molecule has 1 aromatic rings. The molecule has 25 heavy (non-hydrogen) atoms. The van der Waals surface area contributed by atoms with Gasteiger partial charge in [0.05, 0.1) is 5.56 Å². The molecule has 2 heterocycles. The number of nitrogens with one attached hydrogen (secondary N) is 1. The smallest absolute Gasteiger partial charge is 0.256 e. The Balaban J connectivity index is 1.90. The first-order valence-electron chi connectivity index (χ1n) is 9.50. The maximum atomic E-state index is 13.2. The molecule has 5 heteroatoms. The second kappa shape index (κ2) is 7.89. The SMILES string of the molecule is CC(=O)Nc1ccc(N2CCC(C)CC2)c(C(=O)N2CCCCC2)c1. The summed E-state index contributed by atoms with van der Waals surface area (Å²) >= 11 is 0. The molecule has 5 nitrogen and oxygen atoms in total. The van der Waals surface area contributed by atoms with Crippen LogP contribution in [-0.2, 0) is 4.79 Å². The van der Waals surface area contributed by atoms with Crippen molar-refractivity contribution in [2.75, 3.05) is 36.4 Å². The van der Waals surface area contributed by atoms with Crippen molar-refractivity contribution in [3.05, 3.63) is 23.8 Å². The first kappa shape index (κ1) is 17.8. The largest absolute Gasteiger partial charge is 0.371 e. The summed E-state index contributed by atoms with van der Waals surface area (Å²) in [4.78, 5) is 28.8. The molecule has 2 saturated heterocycles. The minimum atomic E-state index is -0.115. The quantitative estimate of drug-likeness (QED) is 0.914. The van der Waals surface area contributed by atoms with E-state index in [4.69, 9.17) is 0 Å². The summed E-state index contributed by atoms with van der Waals surface area (Å²) in [6.07, 6.45) is 5.67. The number of hydrogen-bond donors (Lipinski definition) is 1. The molecule has 0 aliphatic carbocycles. The summed E-state index contributed by atoms with van der Waals surface area (Å²) in [5, 5.41) is 2.81. The zero-order chi connectivity index (χ0) is 17.8. The molecule has 0 saturated carbocycles. The van der Waals surface area contributed by atoms with Crippen LogP contribution in [-0.4, -0.2) is 42.9 Å². The van der Waals surface area contributed by atoms with Gasteiger partial charge in [-0.05, 0) is 56.2 Å².